The lowest BCUT2D eigenvalue weighted by molar-refractivity contribution is -0.137. The molecule has 2 aromatic carbocycles. The number of oxime groups is 2. The number of amides is 2. The second kappa shape index (κ2) is 31.2. The molecule has 0 radical (unpaired) electrons. The van der Waals surface area contributed by atoms with Crippen LogP contribution >= 0.6 is 0 Å². The summed E-state index contributed by atoms with van der Waals surface area (Å²) in [4.78, 5) is 65.7. The number of esters is 2. The number of likely N-dealkylation sites (tertiary alicyclic amines) is 2. The van der Waals surface area contributed by atoms with Crippen molar-refractivity contribution >= 4 is 35.2 Å². The number of fused-ring (bicyclic) bond motifs is 2. The molecular formula is C58H76N4O10. The largest absolute Gasteiger partial charge is 0.462 e. The molecule has 2 atom stereocenters. The first-order chi connectivity index (χ1) is 34.9. The van der Waals surface area contributed by atoms with Gasteiger partial charge in [0.1, 0.15) is 0 Å². The predicted molar refractivity (Wildman–Crippen MR) is 282 cm³/mol. The van der Waals surface area contributed by atoms with Gasteiger partial charge in [0.25, 0.3) is 11.8 Å². The molecular weight excluding hydrogens is 913 g/mol. The summed E-state index contributed by atoms with van der Waals surface area (Å²) >= 11 is 0. The molecule has 388 valence electrons. The van der Waals surface area contributed by atoms with Gasteiger partial charge in [-0.25, -0.2) is 9.59 Å². The van der Waals surface area contributed by atoms with E-state index < -0.39 is 0 Å². The van der Waals surface area contributed by atoms with E-state index in [2.05, 4.69) is 23.5 Å². The zero-order valence-corrected chi connectivity index (χ0v) is 43.1. The van der Waals surface area contributed by atoms with E-state index in [1.807, 2.05) is 110 Å². The van der Waals surface area contributed by atoms with Crippen LogP contribution in [0.5, 0.6) is 0 Å². The maximum Gasteiger partial charge on any atom is 0.338 e. The topological polar surface area (TPSA) is 155 Å². The Morgan fingerprint density at radius 2 is 1.01 bits per heavy atom. The molecule has 0 spiro atoms. The number of carbonyl (C=O) groups is 4. The predicted octanol–water partition coefficient (Wildman–Crippen LogP) is 9.73. The summed E-state index contributed by atoms with van der Waals surface area (Å²) in [6, 6.07) is 7.91. The lowest BCUT2D eigenvalue weighted by atomic mass is 9.95. The summed E-state index contributed by atoms with van der Waals surface area (Å²) in [5, 5.41) is 8.63. The Hall–Kier alpha value is -6.38. The number of aryl methyl sites for hydroxylation is 4. The van der Waals surface area contributed by atoms with Crippen LogP contribution in [0, 0.1) is 27.7 Å². The molecule has 0 saturated carbocycles. The van der Waals surface area contributed by atoms with Crippen LogP contribution in [0.3, 0.4) is 0 Å². The maximum atomic E-state index is 13.0. The fourth-order valence-corrected chi connectivity index (χ4v) is 8.96. The van der Waals surface area contributed by atoms with Crippen LogP contribution in [-0.2, 0) is 51.1 Å². The quantitative estimate of drug-likeness (QED) is 0.114. The second-order valence-electron chi connectivity index (χ2n) is 18.5. The first-order valence-corrected chi connectivity index (χ1v) is 25.5. The highest BCUT2D eigenvalue weighted by Crippen LogP contribution is 2.23. The highest BCUT2D eigenvalue weighted by molar-refractivity contribution is 6.01. The second-order valence-corrected chi connectivity index (χ2v) is 18.5. The van der Waals surface area contributed by atoms with Crippen LogP contribution in [-0.4, -0.2) is 123 Å². The van der Waals surface area contributed by atoms with Crippen molar-refractivity contribution in [3.63, 3.8) is 0 Å². The number of cyclic esters (lactones) is 2. The lowest BCUT2D eigenvalue weighted by Gasteiger charge is -2.26. The third kappa shape index (κ3) is 19.3. The Balaban J connectivity index is 0.000000267. The minimum absolute atomic E-state index is 0.0531. The summed E-state index contributed by atoms with van der Waals surface area (Å²) in [6.07, 6.45) is 28.4. The van der Waals surface area contributed by atoms with Crippen molar-refractivity contribution in [1.29, 1.82) is 0 Å². The summed E-state index contributed by atoms with van der Waals surface area (Å²) in [5.41, 5.74) is 7.79. The first kappa shape index (κ1) is 56.5. The van der Waals surface area contributed by atoms with Crippen LogP contribution in [0.25, 0.3) is 0 Å². The van der Waals surface area contributed by atoms with E-state index in [1.54, 1.807) is 12.2 Å². The van der Waals surface area contributed by atoms with Gasteiger partial charge in [0, 0.05) is 39.0 Å². The van der Waals surface area contributed by atoms with Crippen LogP contribution in [0.4, 0.5) is 0 Å². The number of nitrogens with zero attached hydrogens (tertiary/aromatic N) is 4. The van der Waals surface area contributed by atoms with Crippen molar-refractivity contribution < 1.29 is 47.8 Å². The molecule has 4 heterocycles. The van der Waals surface area contributed by atoms with E-state index in [4.69, 9.17) is 28.6 Å². The molecule has 4 aliphatic rings. The Morgan fingerprint density at radius 3 is 1.40 bits per heavy atom. The number of allylic oxidation sites excluding steroid dienone is 2. The summed E-state index contributed by atoms with van der Waals surface area (Å²) < 4.78 is 22.8. The van der Waals surface area contributed by atoms with Gasteiger partial charge in [0.15, 0.2) is 13.2 Å². The zero-order valence-electron chi connectivity index (χ0n) is 43.1. The van der Waals surface area contributed by atoms with Crippen LogP contribution in [0.1, 0.15) is 118 Å². The van der Waals surface area contributed by atoms with Gasteiger partial charge >= 0.3 is 11.9 Å². The van der Waals surface area contributed by atoms with Gasteiger partial charge in [-0.2, -0.15) is 0 Å². The highest BCUT2D eigenvalue weighted by atomic mass is 16.6. The minimum atomic E-state index is -0.350. The molecule has 2 fully saturated rings. The van der Waals surface area contributed by atoms with E-state index in [9.17, 15) is 19.2 Å². The number of piperidine rings is 2. The van der Waals surface area contributed by atoms with E-state index in [-0.39, 0.29) is 62.4 Å². The molecule has 72 heavy (non-hydrogen) atoms. The maximum absolute atomic E-state index is 13.0. The molecule has 2 amide bonds. The lowest BCUT2D eigenvalue weighted by Crippen LogP contribution is -2.37. The molecule has 0 aliphatic carbocycles. The van der Waals surface area contributed by atoms with Crippen LogP contribution in [0.2, 0.25) is 0 Å². The van der Waals surface area contributed by atoms with Crippen molar-refractivity contribution in [2.24, 2.45) is 10.3 Å². The third-order valence-electron chi connectivity index (χ3n) is 12.4. The fraction of sp³-hybridized carbons (Fsp3) is 0.483. The molecule has 4 aliphatic heterocycles. The zero-order chi connectivity index (χ0) is 51.5. The number of ether oxygens (including phenoxy) is 4. The first-order valence-electron chi connectivity index (χ1n) is 25.5. The summed E-state index contributed by atoms with van der Waals surface area (Å²) in [6.45, 7) is 19.6. The average molecular weight is 989 g/mol. The molecule has 14 heteroatoms. The van der Waals surface area contributed by atoms with Gasteiger partial charge in [0.05, 0.1) is 61.2 Å². The van der Waals surface area contributed by atoms with Gasteiger partial charge in [-0.15, -0.1) is 13.2 Å². The van der Waals surface area contributed by atoms with Gasteiger partial charge in [-0.1, -0.05) is 94.3 Å². The number of benzene rings is 2. The fourth-order valence-electron chi connectivity index (χ4n) is 8.96. The smallest absolute Gasteiger partial charge is 0.338 e. The van der Waals surface area contributed by atoms with Crippen molar-refractivity contribution in [1.82, 2.24) is 9.80 Å². The standard InChI is InChI=1S/2C29H38N2O5/c2*1-4-16-34-26-12-6-9-17-35-29(33)28-23(3)18-22(2)19-24(28)20-25(11-10-13-26)30-36-21-27(32)31-14-7-5-8-15-31/h2*4,6,10-12,18-19,26H,1,5,7-9,13-17,20-21H2,2-3H3/b11-10+,12-6+,30-25+;11-10+,12-6+,30-25-. The monoisotopic (exact) mass is 989 g/mol. The van der Waals surface area contributed by atoms with Crippen molar-refractivity contribution in [2.45, 2.75) is 117 Å². The minimum Gasteiger partial charge on any atom is -0.462 e. The van der Waals surface area contributed by atoms with Crippen molar-refractivity contribution in [2.75, 3.05) is 65.8 Å². The molecule has 0 bridgehead atoms. The van der Waals surface area contributed by atoms with Gasteiger partial charge in [-0.3, -0.25) is 9.59 Å². The van der Waals surface area contributed by atoms with E-state index >= 15 is 0 Å². The third-order valence-corrected chi connectivity index (χ3v) is 12.4. The Labute approximate surface area is 427 Å². The molecule has 14 nitrogen and oxygen atoms in total. The summed E-state index contributed by atoms with van der Waals surface area (Å²) in [7, 11) is 0. The van der Waals surface area contributed by atoms with E-state index in [0.29, 0.717) is 74.3 Å². The normalized spacial score (nSPS) is 22.2. The molecule has 0 N–H and O–H groups in total. The van der Waals surface area contributed by atoms with Gasteiger partial charge < -0.3 is 38.4 Å². The molecule has 2 aromatic rings. The number of hydrogen-bond donors (Lipinski definition) is 0. The van der Waals surface area contributed by atoms with E-state index in [1.165, 1.54) is 0 Å². The Morgan fingerprint density at radius 1 is 0.611 bits per heavy atom. The summed E-state index contributed by atoms with van der Waals surface area (Å²) in [5.74, 6) is -0.806. The number of hydrogen-bond acceptors (Lipinski definition) is 12. The van der Waals surface area contributed by atoms with Gasteiger partial charge in [0.2, 0.25) is 0 Å². The number of carbonyl (C=O) groups excluding carboxylic acids is 4. The van der Waals surface area contributed by atoms with Gasteiger partial charge in [-0.05, 0) is 126 Å². The molecule has 0 aromatic heterocycles. The average Bonchev–Trinajstić information content (AvgIpc) is 3.36. The SMILES string of the molecule is C=CCOC1/C=C/CCOC(=O)c2c(C)cc(C)cc2CC(=N/OCC(=O)N2CCCCC2)/C=C/C1.C=CCOC1/C=C/CCOC(=O)c2c(C)cc(C)cc2CC(=N\OCC(=O)N2CCCCC2)/C=C/C1. The van der Waals surface area contributed by atoms with Crippen LogP contribution < -0.4 is 0 Å². The highest BCUT2D eigenvalue weighted by Gasteiger charge is 2.22. The van der Waals surface area contributed by atoms with Crippen LogP contribution in [0.15, 0.2) is 108 Å². The van der Waals surface area contributed by atoms with Crippen molar-refractivity contribution in [3.05, 3.63) is 143 Å². The van der Waals surface area contributed by atoms with E-state index in [0.717, 1.165) is 98.1 Å². The number of rotatable bonds is 12. The molecule has 2 saturated heterocycles. The Bertz CT molecular complexity index is 2170. The Kier molecular flexibility index (Phi) is 24.5. The molecule has 6 rings (SSSR count). The van der Waals surface area contributed by atoms with Crippen molar-refractivity contribution in [3.8, 4) is 0 Å². The molecule has 2 unspecified atom stereocenters.